The quantitative estimate of drug-likeness (QED) is 0.333. The fraction of sp³-hybridized carbons (Fsp3) is 0.458. The highest BCUT2D eigenvalue weighted by Gasteiger charge is 2.29. The molecular weight excluding hydrogens is 466 g/mol. The van der Waals surface area contributed by atoms with Gasteiger partial charge in [0.15, 0.2) is 6.61 Å². The summed E-state index contributed by atoms with van der Waals surface area (Å²) in [6, 6.07) is 10.7. The number of fused-ring (bicyclic) bond motifs is 1. The van der Waals surface area contributed by atoms with E-state index in [1.807, 2.05) is 11.0 Å². The first-order valence-electron chi connectivity index (χ1n) is 11.6. The molecule has 0 N–H and O–H groups in total. The van der Waals surface area contributed by atoms with E-state index in [9.17, 15) is 22.4 Å². The number of alkyl halides is 3. The number of anilines is 1. The molecule has 0 radical (unpaired) electrons. The summed E-state index contributed by atoms with van der Waals surface area (Å²) in [7, 11) is 0. The summed E-state index contributed by atoms with van der Waals surface area (Å²) in [6.07, 6.45) is -1.80. The molecule has 0 unspecified atom stereocenters. The zero-order valence-electron chi connectivity index (χ0n) is 19.2. The maximum Gasteiger partial charge on any atom is 0.422 e. The van der Waals surface area contributed by atoms with Crippen LogP contribution in [0.3, 0.4) is 0 Å². The standard InChI is InChI=1S/C24H27F4N5O2/c25-18-8-9-22(35-17-24(26,27)28)21(16-18)32-14-12-31(13-15-32)10-4-1-5-11-33-23(34)19-6-2-3-7-20(19)29-30-33/h2-3,6-9,16H,1,4-5,10-15,17H2. The van der Waals surface area contributed by atoms with Gasteiger partial charge in [0.25, 0.3) is 5.56 Å². The minimum absolute atomic E-state index is 0.0317. The molecule has 0 atom stereocenters. The summed E-state index contributed by atoms with van der Waals surface area (Å²) >= 11 is 0. The van der Waals surface area contributed by atoms with Crippen LogP contribution in [0.4, 0.5) is 23.2 Å². The van der Waals surface area contributed by atoms with E-state index in [0.29, 0.717) is 49.3 Å². The maximum absolute atomic E-state index is 13.8. The maximum atomic E-state index is 13.8. The van der Waals surface area contributed by atoms with Gasteiger partial charge in [-0.15, -0.1) is 5.10 Å². The van der Waals surface area contributed by atoms with Crippen LogP contribution >= 0.6 is 0 Å². The number of benzene rings is 2. The normalized spacial score (nSPS) is 15.0. The minimum atomic E-state index is -4.46. The van der Waals surface area contributed by atoms with Crippen molar-refractivity contribution in [2.45, 2.75) is 32.0 Å². The Hall–Kier alpha value is -3.21. The highest BCUT2D eigenvalue weighted by Crippen LogP contribution is 2.31. The Labute approximate surface area is 199 Å². The van der Waals surface area contributed by atoms with E-state index < -0.39 is 18.6 Å². The van der Waals surface area contributed by atoms with Gasteiger partial charge in [-0.05, 0) is 43.7 Å². The zero-order valence-corrected chi connectivity index (χ0v) is 19.2. The monoisotopic (exact) mass is 493 g/mol. The van der Waals surface area contributed by atoms with Crippen molar-refractivity contribution in [2.75, 3.05) is 44.2 Å². The molecule has 4 rings (SSSR count). The summed E-state index contributed by atoms with van der Waals surface area (Å²) in [5.41, 5.74) is 0.795. The van der Waals surface area contributed by atoms with Crippen LogP contribution in [0.25, 0.3) is 10.9 Å². The van der Waals surface area contributed by atoms with Gasteiger partial charge in [-0.25, -0.2) is 9.07 Å². The van der Waals surface area contributed by atoms with Gasteiger partial charge in [-0.2, -0.15) is 13.2 Å². The van der Waals surface area contributed by atoms with E-state index >= 15 is 0 Å². The molecule has 1 aliphatic rings. The second-order valence-corrected chi connectivity index (χ2v) is 8.54. The van der Waals surface area contributed by atoms with Crippen LogP contribution in [0.15, 0.2) is 47.3 Å². The number of rotatable bonds is 9. The fourth-order valence-corrected chi connectivity index (χ4v) is 4.18. The van der Waals surface area contributed by atoms with E-state index in [1.165, 1.54) is 16.8 Å². The molecule has 3 aromatic rings. The van der Waals surface area contributed by atoms with Crippen molar-refractivity contribution in [3.05, 3.63) is 58.6 Å². The highest BCUT2D eigenvalue weighted by molar-refractivity contribution is 5.76. The molecule has 1 fully saturated rings. The molecular formula is C24H27F4N5O2. The van der Waals surface area contributed by atoms with E-state index in [0.717, 1.165) is 31.9 Å². The molecule has 0 aliphatic carbocycles. The topological polar surface area (TPSA) is 63.5 Å². The van der Waals surface area contributed by atoms with Gasteiger partial charge in [-0.1, -0.05) is 23.8 Å². The number of hydrogen-bond acceptors (Lipinski definition) is 6. The number of unbranched alkanes of at least 4 members (excludes halogenated alkanes) is 2. The summed E-state index contributed by atoms with van der Waals surface area (Å²) in [4.78, 5) is 16.6. The molecule has 0 saturated carbocycles. The van der Waals surface area contributed by atoms with Crippen molar-refractivity contribution in [1.29, 1.82) is 0 Å². The molecule has 11 heteroatoms. The number of piperazine rings is 1. The lowest BCUT2D eigenvalue weighted by Crippen LogP contribution is -2.46. The van der Waals surface area contributed by atoms with Crippen LogP contribution in [0.5, 0.6) is 5.75 Å². The van der Waals surface area contributed by atoms with Gasteiger partial charge in [0, 0.05) is 38.8 Å². The largest absolute Gasteiger partial charge is 0.482 e. The van der Waals surface area contributed by atoms with Crippen LogP contribution < -0.4 is 15.2 Å². The predicted molar refractivity (Wildman–Crippen MR) is 124 cm³/mol. The molecule has 0 bridgehead atoms. The molecule has 188 valence electrons. The lowest BCUT2D eigenvalue weighted by Gasteiger charge is -2.36. The van der Waals surface area contributed by atoms with Crippen molar-refractivity contribution < 1.29 is 22.3 Å². The molecule has 2 heterocycles. The van der Waals surface area contributed by atoms with Crippen LogP contribution in [0.2, 0.25) is 0 Å². The average Bonchev–Trinajstić information content (AvgIpc) is 2.84. The average molecular weight is 494 g/mol. The number of nitrogens with zero attached hydrogens (tertiary/aromatic N) is 5. The number of aromatic nitrogens is 3. The Morgan fingerprint density at radius 1 is 0.943 bits per heavy atom. The van der Waals surface area contributed by atoms with Gasteiger partial charge >= 0.3 is 6.18 Å². The Kier molecular flexibility index (Phi) is 7.84. The van der Waals surface area contributed by atoms with Gasteiger partial charge in [0.1, 0.15) is 17.1 Å². The number of halogens is 4. The number of ether oxygens (including phenoxy) is 1. The molecule has 0 amide bonds. The Morgan fingerprint density at radius 2 is 1.69 bits per heavy atom. The third-order valence-electron chi connectivity index (χ3n) is 6.00. The van der Waals surface area contributed by atoms with Gasteiger partial charge in [-0.3, -0.25) is 9.69 Å². The second kappa shape index (κ2) is 11.0. The van der Waals surface area contributed by atoms with Crippen molar-refractivity contribution >= 4 is 16.6 Å². The third kappa shape index (κ3) is 6.68. The Balaban J connectivity index is 1.22. The van der Waals surface area contributed by atoms with Crippen molar-refractivity contribution in [3.63, 3.8) is 0 Å². The first-order valence-corrected chi connectivity index (χ1v) is 11.6. The molecule has 1 saturated heterocycles. The van der Waals surface area contributed by atoms with Crippen molar-refractivity contribution in [1.82, 2.24) is 19.9 Å². The van der Waals surface area contributed by atoms with Crippen molar-refractivity contribution in [2.24, 2.45) is 0 Å². The smallest absolute Gasteiger partial charge is 0.422 e. The molecule has 1 aliphatic heterocycles. The van der Waals surface area contributed by atoms with Crippen LogP contribution in [0.1, 0.15) is 19.3 Å². The Bertz CT molecular complexity index is 1190. The van der Waals surface area contributed by atoms with Gasteiger partial charge in [0.05, 0.1) is 11.1 Å². The Morgan fingerprint density at radius 3 is 2.46 bits per heavy atom. The van der Waals surface area contributed by atoms with Crippen molar-refractivity contribution in [3.8, 4) is 5.75 Å². The fourth-order valence-electron chi connectivity index (χ4n) is 4.18. The SMILES string of the molecule is O=c1c2ccccc2nnn1CCCCCN1CCN(c2cc(F)ccc2OCC(F)(F)F)CC1. The third-order valence-corrected chi connectivity index (χ3v) is 6.00. The molecule has 0 spiro atoms. The van der Waals surface area contributed by atoms with Gasteiger partial charge in [0.2, 0.25) is 0 Å². The lowest BCUT2D eigenvalue weighted by atomic mass is 10.2. The summed E-state index contributed by atoms with van der Waals surface area (Å²) in [6.45, 7) is 2.51. The first-order chi connectivity index (χ1) is 16.8. The summed E-state index contributed by atoms with van der Waals surface area (Å²) in [5.74, 6) is -0.485. The van der Waals surface area contributed by atoms with E-state index in [1.54, 1.807) is 18.2 Å². The molecule has 2 aromatic carbocycles. The van der Waals surface area contributed by atoms with Crippen LogP contribution in [-0.4, -0.2) is 65.4 Å². The number of aryl methyl sites for hydroxylation is 1. The van der Waals surface area contributed by atoms with Crippen LogP contribution in [-0.2, 0) is 6.54 Å². The summed E-state index contributed by atoms with van der Waals surface area (Å²) < 4.78 is 57.8. The molecule has 7 nitrogen and oxygen atoms in total. The van der Waals surface area contributed by atoms with Gasteiger partial charge < -0.3 is 9.64 Å². The second-order valence-electron chi connectivity index (χ2n) is 8.54. The van der Waals surface area contributed by atoms with E-state index in [-0.39, 0.29) is 11.3 Å². The minimum Gasteiger partial charge on any atom is -0.482 e. The number of hydrogen-bond donors (Lipinski definition) is 0. The van der Waals surface area contributed by atoms with E-state index in [2.05, 4.69) is 15.2 Å². The molecule has 1 aromatic heterocycles. The first kappa shape index (κ1) is 24.9. The predicted octanol–water partition coefficient (Wildman–Crippen LogP) is 3.86. The zero-order chi connectivity index (χ0) is 24.8. The summed E-state index contributed by atoms with van der Waals surface area (Å²) in [5, 5.41) is 8.66. The van der Waals surface area contributed by atoms with Crippen LogP contribution in [0, 0.1) is 5.82 Å². The molecule has 35 heavy (non-hydrogen) atoms. The van der Waals surface area contributed by atoms with E-state index in [4.69, 9.17) is 4.74 Å². The lowest BCUT2D eigenvalue weighted by molar-refractivity contribution is -0.153. The highest BCUT2D eigenvalue weighted by atomic mass is 19.4.